The standard InChI is InChI=1S/C14H24N2/c1-10(15-13-5-6-16(2)9-13)14-8-11-3-4-12(14)7-11/h3-4,10-15H,5-9H2,1-2H3. The van der Waals surface area contributed by atoms with Gasteiger partial charge in [0.1, 0.15) is 0 Å². The fourth-order valence-corrected chi connectivity index (χ4v) is 3.96. The van der Waals surface area contributed by atoms with Gasteiger partial charge in [0.25, 0.3) is 0 Å². The van der Waals surface area contributed by atoms with Gasteiger partial charge in [-0.25, -0.2) is 0 Å². The summed E-state index contributed by atoms with van der Waals surface area (Å²) in [6, 6.07) is 1.44. The van der Waals surface area contributed by atoms with Crippen molar-refractivity contribution in [2.75, 3.05) is 20.1 Å². The summed E-state index contributed by atoms with van der Waals surface area (Å²) in [4.78, 5) is 2.44. The number of fused-ring (bicyclic) bond motifs is 2. The first-order valence-electron chi connectivity index (χ1n) is 6.85. The van der Waals surface area contributed by atoms with Gasteiger partial charge in [-0.05, 0) is 57.5 Å². The molecular weight excluding hydrogens is 196 g/mol. The van der Waals surface area contributed by atoms with E-state index in [-0.39, 0.29) is 0 Å². The van der Waals surface area contributed by atoms with Crippen molar-refractivity contribution in [3.8, 4) is 0 Å². The molecule has 2 aliphatic carbocycles. The maximum atomic E-state index is 3.86. The summed E-state index contributed by atoms with van der Waals surface area (Å²) in [6.07, 6.45) is 9.10. The maximum absolute atomic E-state index is 3.86. The lowest BCUT2D eigenvalue weighted by atomic mass is 9.87. The van der Waals surface area contributed by atoms with Gasteiger partial charge in [-0.15, -0.1) is 0 Å². The summed E-state index contributed by atoms with van der Waals surface area (Å²) < 4.78 is 0. The normalized spacial score (nSPS) is 44.4. The van der Waals surface area contributed by atoms with Gasteiger partial charge >= 0.3 is 0 Å². The molecule has 0 aromatic carbocycles. The minimum absolute atomic E-state index is 0.705. The molecule has 16 heavy (non-hydrogen) atoms. The summed E-state index contributed by atoms with van der Waals surface area (Å²) >= 11 is 0. The monoisotopic (exact) mass is 220 g/mol. The molecule has 2 nitrogen and oxygen atoms in total. The third-order valence-electron chi connectivity index (χ3n) is 4.86. The third kappa shape index (κ3) is 1.93. The Hall–Kier alpha value is -0.340. The summed E-state index contributed by atoms with van der Waals surface area (Å²) in [5.74, 6) is 2.69. The summed E-state index contributed by atoms with van der Waals surface area (Å²) in [5.41, 5.74) is 0. The van der Waals surface area contributed by atoms with E-state index in [1.165, 1.54) is 32.4 Å². The fourth-order valence-electron chi connectivity index (χ4n) is 3.96. The highest BCUT2D eigenvalue weighted by Gasteiger charge is 2.39. The van der Waals surface area contributed by atoms with Gasteiger partial charge < -0.3 is 10.2 Å². The smallest absolute Gasteiger partial charge is 0.0209 e. The van der Waals surface area contributed by atoms with Crippen molar-refractivity contribution in [3.05, 3.63) is 12.2 Å². The first-order chi connectivity index (χ1) is 7.72. The molecule has 0 amide bonds. The van der Waals surface area contributed by atoms with Gasteiger partial charge in [-0.1, -0.05) is 12.2 Å². The average molecular weight is 220 g/mol. The summed E-state index contributed by atoms with van der Waals surface area (Å²) in [5, 5.41) is 3.86. The van der Waals surface area contributed by atoms with Gasteiger partial charge in [-0.2, -0.15) is 0 Å². The number of allylic oxidation sites excluding steroid dienone is 2. The van der Waals surface area contributed by atoms with Crippen LogP contribution in [0.15, 0.2) is 12.2 Å². The fraction of sp³-hybridized carbons (Fsp3) is 0.857. The van der Waals surface area contributed by atoms with Crippen LogP contribution < -0.4 is 5.32 Å². The highest BCUT2D eigenvalue weighted by atomic mass is 15.2. The van der Waals surface area contributed by atoms with Crippen LogP contribution in [0.5, 0.6) is 0 Å². The highest BCUT2D eigenvalue weighted by molar-refractivity contribution is 5.11. The third-order valence-corrected chi connectivity index (χ3v) is 4.86. The van der Waals surface area contributed by atoms with Crippen molar-refractivity contribution in [1.82, 2.24) is 10.2 Å². The highest BCUT2D eigenvalue weighted by Crippen LogP contribution is 2.44. The van der Waals surface area contributed by atoms with Crippen LogP contribution in [0.1, 0.15) is 26.2 Å². The van der Waals surface area contributed by atoms with E-state index in [4.69, 9.17) is 0 Å². The number of likely N-dealkylation sites (N-methyl/N-ethyl adjacent to an activating group) is 1. The summed E-state index contributed by atoms with van der Waals surface area (Å²) in [7, 11) is 2.23. The molecule has 3 rings (SSSR count). The Kier molecular flexibility index (Phi) is 2.80. The summed E-state index contributed by atoms with van der Waals surface area (Å²) in [6.45, 7) is 4.90. The molecule has 1 N–H and O–H groups in total. The molecule has 1 saturated carbocycles. The van der Waals surface area contributed by atoms with Crippen molar-refractivity contribution < 1.29 is 0 Å². The molecule has 2 fully saturated rings. The molecule has 2 heteroatoms. The van der Waals surface area contributed by atoms with Gasteiger partial charge in [0.15, 0.2) is 0 Å². The SMILES string of the molecule is CC(NC1CCN(C)C1)C1CC2C=CC1C2. The van der Waals surface area contributed by atoms with Gasteiger partial charge in [-0.3, -0.25) is 0 Å². The van der Waals surface area contributed by atoms with E-state index in [1.54, 1.807) is 0 Å². The molecule has 1 heterocycles. The van der Waals surface area contributed by atoms with Crippen LogP contribution in [0.25, 0.3) is 0 Å². The number of nitrogens with one attached hydrogen (secondary N) is 1. The van der Waals surface area contributed by atoms with E-state index in [9.17, 15) is 0 Å². The molecule has 1 aliphatic heterocycles. The maximum Gasteiger partial charge on any atom is 0.0209 e. The van der Waals surface area contributed by atoms with Crippen molar-refractivity contribution in [3.63, 3.8) is 0 Å². The number of rotatable bonds is 3. The number of hydrogen-bond donors (Lipinski definition) is 1. The molecule has 5 unspecified atom stereocenters. The van der Waals surface area contributed by atoms with Crippen LogP contribution in [0.3, 0.4) is 0 Å². The van der Waals surface area contributed by atoms with Crippen LogP contribution in [0.4, 0.5) is 0 Å². The first-order valence-corrected chi connectivity index (χ1v) is 6.85. The number of hydrogen-bond acceptors (Lipinski definition) is 2. The minimum atomic E-state index is 0.705. The molecule has 0 radical (unpaired) electrons. The van der Waals surface area contributed by atoms with Crippen molar-refractivity contribution in [2.24, 2.45) is 17.8 Å². The molecule has 3 aliphatic rings. The second-order valence-electron chi connectivity index (χ2n) is 6.15. The Morgan fingerprint density at radius 1 is 1.31 bits per heavy atom. The lowest BCUT2D eigenvalue weighted by molar-refractivity contribution is 0.296. The van der Waals surface area contributed by atoms with Crippen molar-refractivity contribution in [1.29, 1.82) is 0 Å². The second-order valence-corrected chi connectivity index (χ2v) is 6.15. The van der Waals surface area contributed by atoms with Gasteiger partial charge in [0.2, 0.25) is 0 Å². The van der Waals surface area contributed by atoms with E-state index in [0.717, 1.165) is 23.8 Å². The quantitative estimate of drug-likeness (QED) is 0.731. The zero-order chi connectivity index (χ0) is 11.1. The van der Waals surface area contributed by atoms with Crippen LogP contribution in [-0.2, 0) is 0 Å². The van der Waals surface area contributed by atoms with Crippen molar-refractivity contribution in [2.45, 2.75) is 38.3 Å². The van der Waals surface area contributed by atoms with E-state index in [0.29, 0.717) is 6.04 Å². The van der Waals surface area contributed by atoms with E-state index in [1.807, 2.05) is 0 Å². The van der Waals surface area contributed by atoms with Crippen LogP contribution in [0, 0.1) is 17.8 Å². The van der Waals surface area contributed by atoms with Gasteiger partial charge in [0.05, 0.1) is 0 Å². The Morgan fingerprint density at radius 3 is 2.75 bits per heavy atom. The number of nitrogens with zero attached hydrogens (tertiary/aromatic N) is 1. The Morgan fingerprint density at radius 2 is 2.19 bits per heavy atom. The molecule has 90 valence electrons. The van der Waals surface area contributed by atoms with E-state index < -0.39 is 0 Å². The predicted molar refractivity (Wildman–Crippen MR) is 67.3 cm³/mol. The van der Waals surface area contributed by atoms with Crippen LogP contribution in [-0.4, -0.2) is 37.1 Å². The molecule has 0 aromatic heterocycles. The van der Waals surface area contributed by atoms with Gasteiger partial charge in [0, 0.05) is 18.6 Å². The first kappa shape index (κ1) is 10.8. The lowest BCUT2D eigenvalue weighted by Crippen LogP contribution is -2.43. The predicted octanol–water partition coefficient (Wildman–Crippen LogP) is 1.88. The molecule has 2 bridgehead atoms. The van der Waals surface area contributed by atoms with Crippen LogP contribution in [0.2, 0.25) is 0 Å². The molecule has 0 aromatic rings. The Balaban J connectivity index is 1.54. The molecular formula is C14H24N2. The largest absolute Gasteiger partial charge is 0.310 e. The van der Waals surface area contributed by atoms with Crippen molar-refractivity contribution >= 4 is 0 Å². The number of likely N-dealkylation sites (tertiary alicyclic amines) is 1. The zero-order valence-corrected chi connectivity index (χ0v) is 10.5. The second kappa shape index (κ2) is 4.15. The Labute approximate surface area is 99.1 Å². The average Bonchev–Trinajstić information content (AvgIpc) is 2.93. The lowest BCUT2D eigenvalue weighted by Gasteiger charge is -2.29. The molecule has 1 saturated heterocycles. The minimum Gasteiger partial charge on any atom is -0.310 e. The zero-order valence-electron chi connectivity index (χ0n) is 10.5. The molecule has 5 atom stereocenters. The van der Waals surface area contributed by atoms with E-state index in [2.05, 4.69) is 36.3 Å². The van der Waals surface area contributed by atoms with Crippen LogP contribution >= 0.6 is 0 Å². The molecule has 0 spiro atoms. The Bertz CT molecular complexity index is 286. The topological polar surface area (TPSA) is 15.3 Å². The van der Waals surface area contributed by atoms with E-state index >= 15 is 0 Å².